The third kappa shape index (κ3) is 3.87. The summed E-state index contributed by atoms with van der Waals surface area (Å²) in [5.41, 5.74) is 2.95. The first-order chi connectivity index (χ1) is 10.5. The van der Waals surface area contributed by atoms with Crippen molar-refractivity contribution in [1.29, 1.82) is 0 Å². The summed E-state index contributed by atoms with van der Waals surface area (Å²) in [6.07, 6.45) is 0. The number of piperazine rings is 1. The normalized spacial score (nSPS) is 17.3. The average molecular weight is 304 g/mol. The zero-order valence-corrected chi connectivity index (χ0v) is 14.2. The molecular weight excluding hydrogens is 276 g/mol. The first-order valence-corrected chi connectivity index (χ1v) is 8.24. The van der Waals surface area contributed by atoms with E-state index in [0.29, 0.717) is 6.61 Å². The van der Waals surface area contributed by atoms with Crippen LogP contribution in [0.4, 0.5) is 0 Å². The zero-order valence-electron chi connectivity index (χ0n) is 14.2. The molecule has 0 radical (unpaired) electrons. The van der Waals surface area contributed by atoms with Gasteiger partial charge in [-0.15, -0.1) is 0 Å². The van der Waals surface area contributed by atoms with Crippen molar-refractivity contribution in [3.05, 3.63) is 28.8 Å². The molecule has 1 N–H and O–H groups in total. The number of carbonyl (C=O) groups excluding carboxylic acids is 1. The zero-order chi connectivity index (χ0) is 16.1. The van der Waals surface area contributed by atoms with Gasteiger partial charge in [0.2, 0.25) is 0 Å². The van der Waals surface area contributed by atoms with Gasteiger partial charge in [-0.3, -0.25) is 4.79 Å². The van der Waals surface area contributed by atoms with E-state index in [9.17, 15) is 4.79 Å². The summed E-state index contributed by atoms with van der Waals surface area (Å²) in [4.78, 5) is 15.1. The highest BCUT2D eigenvalue weighted by Crippen LogP contribution is 2.26. The Labute approximate surface area is 133 Å². The maximum Gasteiger partial charge on any atom is 0.167 e. The number of nitrogens with one attached hydrogen (secondary N) is 1. The fourth-order valence-corrected chi connectivity index (χ4v) is 3.00. The number of rotatable bonds is 6. The summed E-state index contributed by atoms with van der Waals surface area (Å²) in [5, 5.41) is 3.34. The van der Waals surface area contributed by atoms with E-state index in [1.807, 2.05) is 39.8 Å². The molecule has 4 heteroatoms. The van der Waals surface area contributed by atoms with Gasteiger partial charge >= 0.3 is 0 Å². The minimum Gasteiger partial charge on any atom is -0.494 e. The number of carbonyl (C=O) groups is 1. The maximum absolute atomic E-state index is 12.8. The van der Waals surface area contributed by atoms with Crippen LogP contribution in [-0.4, -0.2) is 50.0 Å². The maximum atomic E-state index is 12.8. The molecule has 0 spiro atoms. The van der Waals surface area contributed by atoms with Crippen LogP contribution in [0.5, 0.6) is 5.75 Å². The van der Waals surface area contributed by atoms with Gasteiger partial charge in [-0.2, -0.15) is 0 Å². The highest BCUT2D eigenvalue weighted by Gasteiger charge is 2.22. The predicted molar refractivity (Wildman–Crippen MR) is 89.9 cm³/mol. The summed E-state index contributed by atoms with van der Waals surface area (Å²) in [6.45, 7) is 13.6. The SMILES string of the molecule is CCOc1ccc(C(=O)C(C)CN2CCNCC2)c(C)c1C. The van der Waals surface area contributed by atoms with E-state index in [2.05, 4.69) is 10.2 Å². The first kappa shape index (κ1) is 17.0. The lowest BCUT2D eigenvalue weighted by molar-refractivity contribution is 0.0886. The molecule has 1 unspecified atom stereocenters. The Hall–Kier alpha value is -1.39. The Bertz CT molecular complexity index is 522. The summed E-state index contributed by atoms with van der Waals surface area (Å²) in [6, 6.07) is 3.85. The second-order valence-electron chi connectivity index (χ2n) is 6.11. The van der Waals surface area contributed by atoms with Crippen LogP contribution in [0.2, 0.25) is 0 Å². The van der Waals surface area contributed by atoms with Crippen molar-refractivity contribution in [1.82, 2.24) is 10.2 Å². The minimum absolute atomic E-state index is 0.0224. The van der Waals surface area contributed by atoms with Gasteiger partial charge < -0.3 is 15.0 Å². The van der Waals surface area contributed by atoms with Crippen molar-refractivity contribution in [2.45, 2.75) is 27.7 Å². The lowest BCUT2D eigenvalue weighted by Gasteiger charge is -2.29. The van der Waals surface area contributed by atoms with Crippen LogP contribution in [0, 0.1) is 19.8 Å². The molecule has 0 amide bonds. The van der Waals surface area contributed by atoms with Gasteiger partial charge in [0, 0.05) is 44.2 Å². The second-order valence-corrected chi connectivity index (χ2v) is 6.11. The molecule has 0 aromatic heterocycles. The van der Waals surface area contributed by atoms with Crippen LogP contribution in [0.1, 0.15) is 35.3 Å². The van der Waals surface area contributed by atoms with E-state index in [4.69, 9.17) is 4.74 Å². The lowest BCUT2D eigenvalue weighted by Crippen LogP contribution is -2.45. The molecule has 1 fully saturated rings. The van der Waals surface area contributed by atoms with Crippen LogP contribution in [0.3, 0.4) is 0 Å². The highest BCUT2D eigenvalue weighted by molar-refractivity contribution is 5.99. The van der Waals surface area contributed by atoms with Crippen LogP contribution >= 0.6 is 0 Å². The fraction of sp³-hybridized carbons (Fsp3) is 0.611. The quantitative estimate of drug-likeness (QED) is 0.820. The molecular formula is C18H28N2O2. The molecule has 1 aromatic carbocycles. The minimum atomic E-state index is 0.0224. The highest BCUT2D eigenvalue weighted by atomic mass is 16.5. The number of Topliss-reactive ketones (excluding diaryl/α,β-unsaturated/α-hetero) is 1. The van der Waals surface area contributed by atoms with E-state index in [0.717, 1.165) is 55.2 Å². The van der Waals surface area contributed by atoms with E-state index < -0.39 is 0 Å². The molecule has 1 atom stereocenters. The van der Waals surface area contributed by atoms with Crippen molar-refractivity contribution >= 4 is 5.78 Å². The van der Waals surface area contributed by atoms with Crippen molar-refractivity contribution < 1.29 is 9.53 Å². The van der Waals surface area contributed by atoms with Crippen LogP contribution in [0.25, 0.3) is 0 Å². The first-order valence-electron chi connectivity index (χ1n) is 8.24. The molecule has 0 saturated carbocycles. The third-order valence-electron chi connectivity index (χ3n) is 4.49. The molecule has 22 heavy (non-hydrogen) atoms. The molecule has 1 aromatic rings. The lowest BCUT2D eigenvalue weighted by atomic mass is 9.92. The number of hydrogen-bond acceptors (Lipinski definition) is 4. The number of ketones is 1. The topological polar surface area (TPSA) is 41.6 Å². The average Bonchev–Trinajstić information content (AvgIpc) is 2.52. The van der Waals surface area contributed by atoms with Crippen molar-refractivity contribution in [2.75, 3.05) is 39.3 Å². The Kier molecular flexibility index (Phi) is 5.98. The number of nitrogens with zero attached hydrogens (tertiary/aromatic N) is 1. The molecule has 122 valence electrons. The molecule has 1 saturated heterocycles. The summed E-state index contributed by atoms with van der Waals surface area (Å²) >= 11 is 0. The van der Waals surface area contributed by atoms with Crippen LogP contribution in [0.15, 0.2) is 12.1 Å². The Morgan fingerprint density at radius 3 is 2.59 bits per heavy atom. The van der Waals surface area contributed by atoms with E-state index in [1.54, 1.807) is 0 Å². The van der Waals surface area contributed by atoms with E-state index in [1.165, 1.54) is 0 Å². The van der Waals surface area contributed by atoms with Gasteiger partial charge in [-0.1, -0.05) is 6.92 Å². The van der Waals surface area contributed by atoms with Crippen molar-refractivity contribution in [2.24, 2.45) is 5.92 Å². The smallest absolute Gasteiger partial charge is 0.167 e. The Morgan fingerprint density at radius 2 is 1.95 bits per heavy atom. The number of ether oxygens (including phenoxy) is 1. The fourth-order valence-electron chi connectivity index (χ4n) is 3.00. The Morgan fingerprint density at radius 1 is 1.27 bits per heavy atom. The van der Waals surface area contributed by atoms with Gasteiger partial charge in [-0.05, 0) is 44.0 Å². The molecule has 0 aliphatic carbocycles. The van der Waals surface area contributed by atoms with E-state index in [-0.39, 0.29) is 11.7 Å². The van der Waals surface area contributed by atoms with Gasteiger partial charge in [0.15, 0.2) is 5.78 Å². The molecule has 0 bridgehead atoms. The molecule has 2 rings (SSSR count). The van der Waals surface area contributed by atoms with Gasteiger partial charge in [0.05, 0.1) is 6.61 Å². The molecule has 1 aliphatic heterocycles. The summed E-state index contributed by atoms with van der Waals surface area (Å²) in [7, 11) is 0. The number of benzene rings is 1. The molecule has 1 heterocycles. The summed E-state index contributed by atoms with van der Waals surface area (Å²) < 4.78 is 5.61. The largest absolute Gasteiger partial charge is 0.494 e. The van der Waals surface area contributed by atoms with Crippen molar-refractivity contribution in [3.63, 3.8) is 0 Å². The summed E-state index contributed by atoms with van der Waals surface area (Å²) in [5.74, 6) is 1.14. The van der Waals surface area contributed by atoms with Crippen LogP contribution in [-0.2, 0) is 0 Å². The molecule has 1 aliphatic rings. The van der Waals surface area contributed by atoms with Gasteiger partial charge in [0.25, 0.3) is 0 Å². The van der Waals surface area contributed by atoms with Crippen molar-refractivity contribution in [3.8, 4) is 5.75 Å². The monoisotopic (exact) mass is 304 g/mol. The Balaban J connectivity index is 2.09. The standard InChI is InChI=1S/C18H28N2O2/c1-5-22-17-7-6-16(14(3)15(17)4)18(21)13(2)12-20-10-8-19-9-11-20/h6-7,13,19H,5,8-12H2,1-4H3. The molecule has 4 nitrogen and oxygen atoms in total. The van der Waals surface area contributed by atoms with Crippen LogP contribution < -0.4 is 10.1 Å². The van der Waals surface area contributed by atoms with Gasteiger partial charge in [0.1, 0.15) is 5.75 Å². The predicted octanol–water partition coefficient (Wildman–Crippen LogP) is 2.43. The van der Waals surface area contributed by atoms with E-state index >= 15 is 0 Å². The second kappa shape index (κ2) is 7.75. The number of hydrogen-bond donors (Lipinski definition) is 1. The van der Waals surface area contributed by atoms with Gasteiger partial charge in [-0.25, -0.2) is 0 Å². The third-order valence-corrected chi connectivity index (χ3v) is 4.49.